The molecular weight excluding hydrogens is 232 g/mol. The fourth-order valence-corrected chi connectivity index (χ4v) is 1.18. The number of rotatable bonds is 5. The molecule has 88 valence electrons. The number of halogens is 1. The van der Waals surface area contributed by atoms with Crippen LogP contribution < -0.4 is 11.1 Å². The molecule has 1 aromatic heterocycles. The Labute approximate surface area is 98.2 Å². The predicted molar refractivity (Wildman–Crippen MR) is 61.2 cm³/mol. The Hall–Kier alpha value is -1.56. The number of carbonyl (C=O) groups excluding carboxylic acids is 1. The van der Waals surface area contributed by atoms with E-state index >= 15 is 0 Å². The summed E-state index contributed by atoms with van der Waals surface area (Å²) in [6, 6.07) is 0. The van der Waals surface area contributed by atoms with Crippen LogP contribution >= 0.6 is 11.6 Å². The minimum absolute atomic E-state index is 0.128. The Balaban J connectivity index is 2.42. The van der Waals surface area contributed by atoms with E-state index < -0.39 is 0 Å². The van der Waals surface area contributed by atoms with Gasteiger partial charge in [-0.15, -0.1) is 0 Å². The van der Waals surface area contributed by atoms with E-state index in [0.717, 1.165) is 0 Å². The first kappa shape index (κ1) is 12.5. The van der Waals surface area contributed by atoms with Gasteiger partial charge in [-0.05, 0) is 6.92 Å². The lowest BCUT2D eigenvalue weighted by Crippen LogP contribution is -2.12. The Morgan fingerprint density at radius 1 is 1.69 bits per heavy atom. The summed E-state index contributed by atoms with van der Waals surface area (Å²) in [5.41, 5.74) is 5.39. The van der Waals surface area contributed by atoms with Gasteiger partial charge in [-0.2, -0.15) is 4.98 Å². The smallest absolute Gasteiger partial charge is 0.307 e. The van der Waals surface area contributed by atoms with Gasteiger partial charge in [-0.3, -0.25) is 4.79 Å². The highest BCUT2D eigenvalue weighted by atomic mass is 35.5. The van der Waals surface area contributed by atoms with Crippen LogP contribution in [0.15, 0.2) is 6.20 Å². The van der Waals surface area contributed by atoms with Crippen molar-refractivity contribution >= 4 is 29.3 Å². The van der Waals surface area contributed by atoms with Crippen LogP contribution in [-0.4, -0.2) is 29.1 Å². The molecule has 0 amide bonds. The molecule has 6 nitrogen and oxygen atoms in total. The summed E-state index contributed by atoms with van der Waals surface area (Å²) in [7, 11) is 0. The number of hydrogen-bond acceptors (Lipinski definition) is 6. The van der Waals surface area contributed by atoms with Crippen molar-refractivity contribution in [1.29, 1.82) is 0 Å². The van der Waals surface area contributed by atoms with Gasteiger partial charge in [-0.25, -0.2) is 4.98 Å². The van der Waals surface area contributed by atoms with E-state index in [4.69, 9.17) is 22.1 Å². The molecule has 0 aliphatic rings. The fraction of sp³-hybridized carbons (Fsp3) is 0.444. The van der Waals surface area contributed by atoms with Crippen LogP contribution in [0, 0.1) is 0 Å². The monoisotopic (exact) mass is 244 g/mol. The van der Waals surface area contributed by atoms with E-state index in [9.17, 15) is 4.79 Å². The number of anilines is 2. The minimum atomic E-state index is -0.270. The molecule has 0 aliphatic heterocycles. The second-order valence-corrected chi connectivity index (χ2v) is 3.31. The Kier molecular flexibility index (Phi) is 4.78. The summed E-state index contributed by atoms with van der Waals surface area (Å²) >= 11 is 5.81. The molecule has 0 saturated heterocycles. The third-order valence-electron chi connectivity index (χ3n) is 1.69. The number of nitrogens with one attached hydrogen (secondary N) is 1. The quantitative estimate of drug-likeness (QED) is 0.754. The number of nitrogen functional groups attached to an aromatic ring is 1. The summed E-state index contributed by atoms with van der Waals surface area (Å²) in [4.78, 5) is 18.6. The van der Waals surface area contributed by atoms with E-state index in [1.165, 1.54) is 6.20 Å². The van der Waals surface area contributed by atoms with Gasteiger partial charge in [0.2, 0.25) is 5.95 Å². The molecule has 3 N–H and O–H groups in total. The first-order valence-corrected chi connectivity index (χ1v) is 5.18. The topological polar surface area (TPSA) is 90.1 Å². The number of aromatic nitrogens is 2. The van der Waals surface area contributed by atoms with Crippen molar-refractivity contribution in [2.75, 3.05) is 24.2 Å². The van der Waals surface area contributed by atoms with E-state index in [1.807, 2.05) is 0 Å². The molecule has 1 heterocycles. The van der Waals surface area contributed by atoms with Crippen LogP contribution in [0.2, 0.25) is 5.02 Å². The van der Waals surface area contributed by atoms with Gasteiger partial charge in [0.25, 0.3) is 0 Å². The maximum absolute atomic E-state index is 11.0. The van der Waals surface area contributed by atoms with E-state index in [1.54, 1.807) is 6.92 Å². The third-order valence-corrected chi connectivity index (χ3v) is 1.97. The molecule has 1 aromatic rings. The summed E-state index contributed by atoms with van der Waals surface area (Å²) in [6.45, 7) is 2.52. The lowest BCUT2D eigenvalue weighted by molar-refractivity contribution is -0.142. The maximum atomic E-state index is 11.0. The summed E-state index contributed by atoms with van der Waals surface area (Å²) < 4.78 is 4.76. The number of nitrogens with zero attached hydrogens (tertiary/aromatic N) is 2. The van der Waals surface area contributed by atoms with Crippen LogP contribution in [0.4, 0.5) is 11.8 Å². The predicted octanol–water partition coefficient (Wildman–Crippen LogP) is 1.08. The highest BCUT2D eigenvalue weighted by Crippen LogP contribution is 2.17. The SMILES string of the molecule is CCOC(=O)CCNc1nc(N)ncc1Cl. The van der Waals surface area contributed by atoms with Gasteiger partial charge in [0.15, 0.2) is 0 Å². The van der Waals surface area contributed by atoms with Crippen molar-refractivity contribution < 1.29 is 9.53 Å². The van der Waals surface area contributed by atoms with E-state index in [2.05, 4.69) is 15.3 Å². The molecule has 0 fully saturated rings. The van der Waals surface area contributed by atoms with Gasteiger partial charge in [0.1, 0.15) is 10.8 Å². The van der Waals surface area contributed by atoms with Crippen LogP contribution in [0.3, 0.4) is 0 Å². The van der Waals surface area contributed by atoms with E-state index in [-0.39, 0.29) is 18.3 Å². The number of ether oxygens (including phenoxy) is 1. The molecule has 0 unspecified atom stereocenters. The van der Waals surface area contributed by atoms with Crippen molar-refractivity contribution in [3.05, 3.63) is 11.2 Å². The zero-order valence-corrected chi connectivity index (χ0v) is 9.62. The molecular formula is C9H13ClN4O2. The molecule has 0 bridgehead atoms. The number of nitrogens with two attached hydrogens (primary N) is 1. The normalized spacial score (nSPS) is 9.88. The molecule has 0 aliphatic carbocycles. The molecule has 0 radical (unpaired) electrons. The lowest BCUT2D eigenvalue weighted by atomic mass is 10.4. The van der Waals surface area contributed by atoms with Gasteiger partial charge in [-0.1, -0.05) is 11.6 Å². The Morgan fingerprint density at radius 2 is 2.44 bits per heavy atom. The molecule has 7 heteroatoms. The van der Waals surface area contributed by atoms with Crippen molar-refractivity contribution in [3.8, 4) is 0 Å². The fourth-order valence-electron chi connectivity index (χ4n) is 1.02. The van der Waals surface area contributed by atoms with Crippen molar-refractivity contribution in [2.24, 2.45) is 0 Å². The first-order valence-electron chi connectivity index (χ1n) is 4.81. The molecule has 0 aromatic carbocycles. The van der Waals surface area contributed by atoms with Crippen molar-refractivity contribution in [2.45, 2.75) is 13.3 Å². The van der Waals surface area contributed by atoms with Crippen molar-refractivity contribution in [3.63, 3.8) is 0 Å². The largest absolute Gasteiger partial charge is 0.466 e. The van der Waals surface area contributed by atoms with E-state index in [0.29, 0.717) is 24.0 Å². The standard InChI is InChI=1S/C9H13ClN4O2/c1-2-16-7(15)3-4-12-8-6(10)5-13-9(11)14-8/h5H,2-4H2,1H3,(H3,11,12,13,14). The Bertz CT molecular complexity index is 373. The molecule has 16 heavy (non-hydrogen) atoms. The highest BCUT2D eigenvalue weighted by Gasteiger charge is 2.05. The summed E-state index contributed by atoms with van der Waals surface area (Å²) in [5.74, 6) is 0.273. The zero-order chi connectivity index (χ0) is 12.0. The minimum Gasteiger partial charge on any atom is -0.466 e. The van der Waals surface area contributed by atoms with Crippen LogP contribution in [0.1, 0.15) is 13.3 Å². The average Bonchev–Trinajstić information content (AvgIpc) is 2.23. The van der Waals surface area contributed by atoms with Crippen LogP contribution in [0.25, 0.3) is 0 Å². The summed E-state index contributed by atoms with van der Waals surface area (Å²) in [6.07, 6.45) is 1.64. The highest BCUT2D eigenvalue weighted by molar-refractivity contribution is 6.32. The van der Waals surface area contributed by atoms with Crippen LogP contribution in [0.5, 0.6) is 0 Å². The zero-order valence-electron chi connectivity index (χ0n) is 8.86. The number of carbonyl (C=O) groups is 1. The molecule has 0 spiro atoms. The van der Waals surface area contributed by atoms with Gasteiger partial charge >= 0.3 is 5.97 Å². The van der Waals surface area contributed by atoms with Gasteiger partial charge in [0.05, 0.1) is 19.2 Å². The lowest BCUT2D eigenvalue weighted by Gasteiger charge is -2.06. The molecule has 1 rings (SSSR count). The third kappa shape index (κ3) is 3.90. The second kappa shape index (κ2) is 6.12. The second-order valence-electron chi connectivity index (χ2n) is 2.91. The van der Waals surface area contributed by atoms with Crippen LogP contribution in [-0.2, 0) is 9.53 Å². The number of esters is 1. The maximum Gasteiger partial charge on any atom is 0.307 e. The first-order chi connectivity index (χ1) is 7.63. The molecule has 0 saturated carbocycles. The van der Waals surface area contributed by atoms with Gasteiger partial charge < -0.3 is 15.8 Å². The average molecular weight is 245 g/mol. The van der Waals surface area contributed by atoms with Gasteiger partial charge in [0, 0.05) is 6.54 Å². The molecule has 0 atom stereocenters. The Morgan fingerprint density at radius 3 is 3.12 bits per heavy atom. The number of hydrogen-bond donors (Lipinski definition) is 2. The van der Waals surface area contributed by atoms with Crippen molar-refractivity contribution in [1.82, 2.24) is 9.97 Å². The summed E-state index contributed by atoms with van der Waals surface area (Å²) in [5, 5.41) is 3.24.